The Hall–Kier alpha value is -3.04. The summed E-state index contributed by atoms with van der Waals surface area (Å²) >= 11 is 1.39. The van der Waals surface area contributed by atoms with Gasteiger partial charge in [0.05, 0.1) is 29.2 Å². The van der Waals surface area contributed by atoms with E-state index in [-0.39, 0.29) is 12.1 Å². The van der Waals surface area contributed by atoms with E-state index in [9.17, 15) is 5.11 Å². The van der Waals surface area contributed by atoms with Crippen molar-refractivity contribution in [1.82, 2.24) is 23.9 Å². The highest BCUT2D eigenvalue weighted by Crippen LogP contribution is 2.30. The lowest BCUT2D eigenvalue weighted by atomic mass is 9.93. The number of aliphatic hydroxyl groups excluding tert-OH is 1. The van der Waals surface area contributed by atoms with Gasteiger partial charge in [0, 0.05) is 18.4 Å². The molecule has 4 heterocycles. The van der Waals surface area contributed by atoms with Crippen LogP contribution < -0.4 is 10.6 Å². The van der Waals surface area contributed by atoms with Crippen molar-refractivity contribution in [2.24, 2.45) is 0 Å². The topological polar surface area (TPSA) is 101 Å². The number of rotatable bonds is 5. The lowest BCUT2D eigenvalue weighted by molar-refractivity contribution is 0.126. The number of nitrogens with zero attached hydrogens (tertiary/aromatic N) is 5. The van der Waals surface area contributed by atoms with Gasteiger partial charge in [-0.1, -0.05) is 0 Å². The average Bonchev–Trinajstić information content (AvgIpc) is 3.36. The summed E-state index contributed by atoms with van der Waals surface area (Å²) in [7, 11) is 0. The number of anilines is 3. The minimum atomic E-state index is -0.195. The minimum Gasteiger partial charge on any atom is -0.393 e. The molecule has 4 aromatic heterocycles. The molecule has 9 heteroatoms. The molecule has 0 radical (unpaired) electrons. The highest BCUT2D eigenvalue weighted by Gasteiger charge is 2.22. The fourth-order valence-electron chi connectivity index (χ4n) is 3.86. The van der Waals surface area contributed by atoms with Gasteiger partial charge in [0.15, 0.2) is 5.82 Å². The number of nitrogens with one attached hydrogen (secondary N) is 2. The van der Waals surface area contributed by atoms with Crippen molar-refractivity contribution in [3.63, 3.8) is 0 Å². The van der Waals surface area contributed by atoms with Gasteiger partial charge < -0.3 is 20.3 Å². The Morgan fingerprint density at radius 2 is 2.03 bits per heavy atom. The van der Waals surface area contributed by atoms with Crippen LogP contribution in [0.5, 0.6) is 0 Å². The van der Waals surface area contributed by atoms with Crippen LogP contribution in [-0.2, 0) is 0 Å². The lowest BCUT2D eigenvalue weighted by Gasteiger charge is -2.27. The van der Waals surface area contributed by atoms with Crippen LogP contribution in [0, 0.1) is 6.92 Å². The predicted molar refractivity (Wildman–Crippen MR) is 119 cm³/mol. The van der Waals surface area contributed by atoms with Crippen LogP contribution in [0.15, 0.2) is 42.9 Å². The van der Waals surface area contributed by atoms with E-state index < -0.39 is 0 Å². The summed E-state index contributed by atoms with van der Waals surface area (Å²) in [5.74, 6) is 1.31. The zero-order valence-corrected chi connectivity index (χ0v) is 17.4. The van der Waals surface area contributed by atoms with Crippen LogP contribution in [0.25, 0.3) is 16.7 Å². The van der Waals surface area contributed by atoms with Crippen LogP contribution in [0.1, 0.15) is 31.4 Å². The second kappa shape index (κ2) is 8.00. The van der Waals surface area contributed by atoms with Crippen molar-refractivity contribution < 1.29 is 5.11 Å². The molecule has 0 spiro atoms. The van der Waals surface area contributed by atoms with E-state index in [4.69, 9.17) is 9.97 Å². The van der Waals surface area contributed by atoms with E-state index in [1.165, 1.54) is 11.5 Å². The Balaban J connectivity index is 1.55. The van der Waals surface area contributed by atoms with Crippen molar-refractivity contribution >= 4 is 39.3 Å². The zero-order chi connectivity index (χ0) is 20.5. The second-order valence-corrected chi connectivity index (χ2v) is 8.44. The molecule has 30 heavy (non-hydrogen) atoms. The van der Waals surface area contributed by atoms with Crippen LogP contribution in [0.4, 0.5) is 16.8 Å². The van der Waals surface area contributed by atoms with Gasteiger partial charge in [-0.05, 0) is 68.4 Å². The molecule has 0 saturated heterocycles. The Morgan fingerprint density at radius 1 is 1.17 bits per heavy atom. The zero-order valence-electron chi connectivity index (χ0n) is 16.6. The molecule has 8 nitrogen and oxygen atoms in total. The standard InChI is InChI=1S/C21H23N7OS/c1-13-11-18(30-27-13)25-21-24-17-8-10-28(15-3-2-9-22-12-15)19(17)20(26-21)23-14-4-6-16(29)7-5-14/h2-3,8-12,14,16,29H,4-7H2,1H3,(H2,23,24,25,26). The molecular weight excluding hydrogens is 398 g/mol. The maximum atomic E-state index is 9.86. The maximum absolute atomic E-state index is 9.86. The molecule has 0 unspecified atom stereocenters. The molecule has 154 valence electrons. The van der Waals surface area contributed by atoms with Crippen molar-refractivity contribution in [3.05, 3.63) is 48.5 Å². The van der Waals surface area contributed by atoms with E-state index in [0.717, 1.165) is 58.9 Å². The first-order valence-corrected chi connectivity index (χ1v) is 10.9. The average molecular weight is 422 g/mol. The van der Waals surface area contributed by atoms with Gasteiger partial charge in [0.2, 0.25) is 5.95 Å². The third-order valence-corrected chi connectivity index (χ3v) is 6.15. The third-order valence-electron chi connectivity index (χ3n) is 5.36. The quantitative estimate of drug-likeness (QED) is 0.447. The van der Waals surface area contributed by atoms with Gasteiger partial charge >= 0.3 is 0 Å². The molecule has 0 bridgehead atoms. The number of aromatic nitrogens is 5. The number of hydrogen-bond acceptors (Lipinski definition) is 8. The number of aryl methyl sites for hydroxylation is 1. The van der Waals surface area contributed by atoms with Crippen molar-refractivity contribution in [3.8, 4) is 5.69 Å². The predicted octanol–water partition coefficient (Wildman–Crippen LogP) is 4.04. The van der Waals surface area contributed by atoms with E-state index in [0.29, 0.717) is 5.95 Å². The van der Waals surface area contributed by atoms with Gasteiger partial charge in [-0.25, -0.2) is 4.98 Å². The third kappa shape index (κ3) is 3.86. The van der Waals surface area contributed by atoms with Gasteiger partial charge in [0.25, 0.3) is 0 Å². The fourth-order valence-corrected chi connectivity index (χ4v) is 4.51. The van der Waals surface area contributed by atoms with Gasteiger partial charge in [-0.2, -0.15) is 9.36 Å². The Morgan fingerprint density at radius 3 is 2.77 bits per heavy atom. The normalized spacial score (nSPS) is 19.1. The van der Waals surface area contributed by atoms with E-state index in [1.54, 1.807) is 6.20 Å². The number of hydrogen-bond donors (Lipinski definition) is 3. The SMILES string of the molecule is Cc1cc(Nc2nc(NC3CCC(O)CC3)c3c(ccn3-c3cccnc3)n2)sn1. The first-order chi connectivity index (χ1) is 14.7. The summed E-state index contributed by atoms with van der Waals surface area (Å²) in [6, 6.07) is 8.17. The number of pyridine rings is 1. The fraction of sp³-hybridized carbons (Fsp3) is 0.333. The summed E-state index contributed by atoms with van der Waals surface area (Å²) in [6.45, 7) is 1.96. The van der Waals surface area contributed by atoms with Crippen molar-refractivity contribution in [2.45, 2.75) is 44.8 Å². The maximum Gasteiger partial charge on any atom is 0.230 e. The van der Waals surface area contributed by atoms with Gasteiger partial charge in [0.1, 0.15) is 10.5 Å². The lowest BCUT2D eigenvalue weighted by Crippen LogP contribution is -2.28. The molecule has 0 amide bonds. The van der Waals surface area contributed by atoms with E-state index in [1.807, 2.05) is 43.6 Å². The minimum absolute atomic E-state index is 0.195. The van der Waals surface area contributed by atoms with E-state index in [2.05, 4.69) is 24.6 Å². The molecule has 3 N–H and O–H groups in total. The molecule has 5 rings (SSSR count). The molecule has 4 aromatic rings. The first kappa shape index (κ1) is 19.0. The Labute approximate surface area is 178 Å². The summed E-state index contributed by atoms with van der Waals surface area (Å²) in [5.41, 5.74) is 3.68. The molecule has 1 saturated carbocycles. The Kier molecular flexibility index (Phi) is 5.06. The number of aliphatic hydroxyl groups is 1. The second-order valence-electron chi connectivity index (χ2n) is 7.63. The smallest absolute Gasteiger partial charge is 0.230 e. The highest BCUT2D eigenvalue weighted by atomic mass is 32.1. The van der Waals surface area contributed by atoms with Crippen LogP contribution in [0.2, 0.25) is 0 Å². The Bertz CT molecular complexity index is 1150. The van der Waals surface area contributed by atoms with Crippen LogP contribution in [0.3, 0.4) is 0 Å². The molecular formula is C21H23N7OS. The van der Waals surface area contributed by atoms with Crippen molar-refractivity contribution in [2.75, 3.05) is 10.6 Å². The first-order valence-electron chi connectivity index (χ1n) is 10.1. The molecule has 0 atom stereocenters. The number of fused-ring (bicyclic) bond motifs is 1. The molecule has 1 aliphatic carbocycles. The molecule has 1 aliphatic rings. The highest BCUT2D eigenvalue weighted by molar-refractivity contribution is 7.10. The summed E-state index contributed by atoms with van der Waals surface area (Å²) < 4.78 is 6.37. The van der Waals surface area contributed by atoms with Crippen molar-refractivity contribution in [1.29, 1.82) is 0 Å². The summed E-state index contributed by atoms with van der Waals surface area (Å²) in [5, 5.41) is 17.7. The van der Waals surface area contributed by atoms with Gasteiger partial charge in [-0.15, -0.1) is 0 Å². The van der Waals surface area contributed by atoms with E-state index >= 15 is 0 Å². The summed E-state index contributed by atoms with van der Waals surface area (Å²) in [6.07, 6.45) is 8.83. The van der Waals surface area contributed by atoms with Gasteiger partial charge in [-0.3, -0.25) is 4.98 Å². The molecule has 0 aromatic carbocycles. The molecule has 0 aliphatic heterocycles. The largest absolute Gasteiger partial charge is 0.393 e. The monoisotopic (exact) mass is 421 g/mol. The summed E-state index contributed by atoms with van der Waals surface area (Å²) in [4.78, 5) is 13.8. The van der Waals surface area contributed by atoms with Crippen LogP contribution in [-0.4, -0.2) is 41.1 Å². The van der Waals surface area contributed by atoms with Crippen LogP contribution >= 0.6 is 11.5 Å². The molecule has 1 fully saturated rings.